The highest BCUT2D eigenvalue weighted by Crippen LogP contribution is 2.26. The van der Waals surface area contributed by atoms with Crippen molar-refractivity contribution in [3.05, 3.63) is 47.4 Å². The molecular formula is C19H24N4O2S. The molecule has 0 atom stereocenters. The number of sulfone groups is 1. The van der Waals surface area contributed by atoms with Gasteiger partial charge in [-0.05, 0) is 51.3 Å². The molecule has 26 heavy (non-hydrogen) atoms. The number of anilines is 1. The minimum atomic E-state index is -3.23. The smallest absolute Gasteiger partial charge is 0.178 e. The average molecular weight is 372 g/mol. The van der Waals surface area contributed by atoms with Crippen LogP contribution in [-0.4, -0.2) is 28.7 Å². The molecule has 6 nitrogen and oxygen atoms in total. The van der Waals surface area contributed by atoms with Gasteiger partial charge in [-0.1, -0.05) is 18.2 Å². The van der Waals surface area contributed by atoms with Gasteiger partial charge in [-0.2, -0.15) is 0 Å². The van der Waals surface area contributed by atoms with E-state index in [0.29, 0.717) is 23.7 Å². The van der Waals surface area contributed by atoms with E-state index in [1.165, 1.54) is 0 Å². The van der Waals surface area contributed by atoms with E-state index in [1.54, 1.807) is 24.3 Å². The van der Waals surface area contributed by atoms with E-state index in [9.17, 15) is 8.42 Å². The fourth-order valence-corrected chi connectivity index (χ4v) is 4.59. The van der Waals surface area contributed by atoms with Gasteiger partial charge in [0.15, 0.2) is 15.7 Å². The number of aryl methyl sites for hydroxylation is 4. The first-order valence-electron chi connectivity index (χ1n) is 8.68. The second-order valence-corrected chi connectivity index (χ2v) is 8.66. The SMILES string of the molecule is Cc1nc(N)c2nc(C)n(CCCCS(=O)(=O)c3ccccc3)c2c1C. The number of pyridine rings is 1. The first-order valence-corrected chi connectivity index (χ1v) is 10.3. The summed E-state index contributed by atoms with van der Waals surface area (Å²) in [6, 6.07) is 8.60. The van der Waals surface area contributed by atoms with Crippen molar-refractivity contribution in [2.75, 3.05) is 11.5 Å². The predicted octanol–water partition coefficient (Wildman–Crippen LogP) is 3.19. The molecule has 0 aliphatic rings. The second-order valence-electron chi connectivity index (χ2n) is 6.55. The van der Waals surface area contributed by atoms with Crippen LogP contribution in [0.5, 0.6) is 0 Å². The topological polar surface area (TPSA) is 90.9 Å². The summed E-state index contributed by atoms with van der Waals surface area (Å²) in [6.45, 7) is 6.59. The van der Waals surface area contributed by atoms with E-state index in [1.807, 2.05) is 26.8 Å². The molecule has 0 spiro atoms. The van der Waals surface area contributed by atoms with Crippen LogP contribution in [0.1, 0.15) is 29.9 Å². The van der Waals surface area contributed by atoms with Crippen LogP contribution in [0.25, 0.3) is 11.0 Å². The van der Waals surface area contributed by atoms with Gasteiger partial charge in [0.1, 0.15) is 11.3 Å². The molecule has 0 saturated heterocycles. The summed E-state index contributed by atoms with van der Waals surface area (Å²) in [7, 11) is -3.23. The summed E-state index contributed by atoms with van der Waals surface area (Å²) < 4.78 is 26.9. The molecule has 0 saturated carbocycles. The van der Waals surface area contributed by atoms with Crippen molar-refractivity contribution >= 4 is 26.7 Å². The number of nitrogen functional groups attached to an aromatic ring is 1. The number of benzene rings is 1. The summed E-state index contributed by atoms with van der Waals surface area (Å²) in [5.41, 5.74) is 9.69. The fourth-order valence-electron chi connectivity index (χ4n) is 3.19. The van der Waals surface area contributed by atoms with Crippen molar-refractivity contribution in [2.45, 2.75) is 45.1 Å². The van der Waals surface area contributed by atoms with Gasteiger partial charge in [-0.25, -0.2) is 18.4 Å². The molecule has 0 radical (unpaired) electrons. The first-order chi connectivity index (χ1) is 12.3. The number of nitrogens with zero attached hydrogens (tertiary/aromatic N) is 3. The molecule has 7 heteroatoms. The molecule has 0 fully saturated rings. The maximum atomic E-state index is 12.4. The summed E-state index contributed by atoms with van der Waals surface area (Å²) >= 11 is 0. The van der Waals surface area contributed by atoms with Gasteiger partial charge in [0.2, 0.25) is 0 Å². The Morgan fingerprint density at radius 3 is 2.42 bits per heavy atom. The Bertz CT molecular complexity index is 1040. The van der Waals surface area contributed by atoms with Crippen LogP contribution in [-0.2, 0) is 16.4 Å². The standard InChI is InChI=1S/C19H24N4O2S/c1-13-14(2)21-19(20)17-18(13)23(15(3)22-17)11-7-8-12-26(24,25)16-9-5-4-6-10-16/h4-6,9-10H,7-8,11-12H2,1-3H3,(H2,20,21). The van der Waals surface area contributed by atoms with Gasteiger partial charge in [-0.15, -0.1) is 0 Å². The molecule has 2 aromatic heterocycles. The van der Waals surface area contributed by atoms with Crippen LogP contribution in [0.2, 0.25) is 0 Å². The molecular weight excluding hydrogens is 348 g/mol. The number of hydrogen-bond acceptors (Lipinski definition) is 5. The van der Waals surface area contributed by atoms with Crippen molar-refractivity contribution < 1.29 is 8.42 Å². The fraction of sp³-hybridized carbons (Fsp3) is 0.368. The largest absolute Gasteiger partial charge is 0.382 e. The number of nitrogens with two attached hydrogens (primary N) is 1. The third kappa shape index (κ3) is 3.44. The molecule has 0 amide bonds. The molecule has 1 aromatic carbocycles. The van der Waals surface area contributed by atoms with E-state index >= 15 is 0 Å². The summed E-state index contributed by atoms with van der Waals surface area (Å²) in [6.07, 6.45) is 1.34. The summed E-state index contributed by atoms with van der Waals surface area (Å²) in [5.74, 6) is 1.45. The van der Waals surface area contributed by atoms with Gasteiger partial charge < -0.3 is 10.3 Å². The molecule has 3 rings (SSSR count). The van der Waals surface area contributed by atoms with E-state index in [2.05, 4.69) is 14.5 Å². The van der Waals surface area contributed by atoms with Gasteiger partial charge >= 0.3 is 0 Å². The van der Waals surface area contributed by atoms with Crippen LogP contribution >= 0.6 is 0 Å². The molecule has 3 aromatic rings. The molecule has 0 aliphatic carbocycles. The first kappa shape index (κ1) is 18.4. The molecule has 0 unspecified atom stereocenters. The second kappa shape index (κ2) is 7.07. The van der Waals surface area contributed by atoms with E-state index < -0.39 is 9.84 Å². The lowest BCUT2D eigenvalue weighted by atomic mass is 10.2. The number of unbranched alkanes of at least 4 members (excludes halogenated alkanes) is 1. The Morgan fingerprint density at radius 1 is 1.04 bits per heavy atom. The number of aromatic nitrogens is 3. The minimum absolute atomic E-state index is 0.143. The third-order valence-corrected chi connectivity index (χ3v) is 6.55. The molecule has 138 valence electrons. The minimum Gasteiger partial charge on any atom is -0.382 e. The summed E-state index contributed by atoms with van der Waals surface area (Å²) in [4.78, 5) is 9.27. The van der Waals surface area contributed by atoms with E-state index in [-0.39, 0.29) is 5.75 Å². The van der Waals surface area contributed by atoms with Crippen LogP contribution in [0.4, 0.5) is 5.82 Å². The maximum absolute atomic E-state index is 12.4. The number of fused-ring (bicyclic) bond motifs is 1. The zero-order valence-electron chi connectivity index (χ0n) is 15.4. The summed E-state index contributed by atoms with van der Waals surface area (Å²) in [5, 5.41) is 0. The quantitative estimate of drug-likeness (QED) is 0.671. The lowest BCUT2D eigenvalue weighted by Crippen LogP contribution is -2.09. The monoisotopic (exact) mass is 372 g/mol. The zero-order valence-corrected chi connectivity index (χ0v) is 16.2. The number of rotatable bonds is 6. The lowest BCUT2D eigenvalue weighted by molar-refractivity contribution is 0.583. The number of hydrogen-bond donors (Lipinski definition) is 1. The Morgan fingerprint density at radius 2 is 1.73 bits per heavy atom. The molecule has 2 heterocycles. The highest BCUT2D eigenvalue weighted by molar-refractivity contribution is 7.91. The van der Waals surface area contributed by atoms with E-state index in [0.717, 1.165) is 34.5 Å². The van der Waals surface area contributed by atoms with E-state index in [4.69, 9.17) is 5.73 Å². The molecule has 2 N–H and O–H groups in total. The van der Waals surface area contributed by atoms with Crippen LogP contribution in [0.3, 0.4) is 0 Å². The van der Waals surface area contributed by atoms with Gasteiger partial charge in [0, 0.05) is 12.2 Å². The van der Waals surface area contributed by atoms with Crippen molar-refractivity contribution in [3.8, 4) is 0 Å². The maximum Gasteiger partial charge on any atom is 0.178 e. The highest BCUT2D eigenvalue weighted by atomic mass is 32.2. The van der Waals surface area contributed by atoms with Crippen molar-refractivity contribution in [1.82, 2.24) is 14.5 Å². The highest BCUT2D eigenvalue weighted by Gasteiger charge is 2.16. The Labute approximate surface area is 154 Å². The van der Waals surface area contributed by atoms with Gasteiger partial charge in [0.25, 0.3) is 0 Å². The van der Waals surface area contributed by atoms with Gasteiger partial charge in [0.05, 0.1) is 16.2 Å². The third-order valence-electron chi connectivity index (χ3n) is 4.73. The van der Waals surface area contributed by atoms with Crippen molar-refractivity contribution in [2.24, 2.45) is 0 Å². The Balaban J connectivity index is 1.74. The van der Waals surface area contributed by atoms with Gasteiger partial charge in [-0.3, -0.25) is 0 Å². The van der Waals surface area contributed by atoms with Crippen LogP contribution in [0, 0.1) is 20.8 Å². The Kier molecular flexibility index (Phi) is 5.00. The van der Waals surface area contributed by atoms with Crippen LogP contribution in [0.15, 0.2) is 35.2 Å². The number of imidazole rings is 1. The Hall–Kier alpha value is -2.41. The van der Waals surface area contributed by atoms with Crippen LogP contribution < -0.4 is 5.73 Å². The molecule has 0 bridgehead atoms. The van der Waals surface area contributed by atoms with Crippen molar-refractivity contribution in [1.29, 1.82) is 0 Å². The average Bonchev–Trinajstić information content (AvgIpc) is 2.95. The molecule has 0 aliphatic heterocycles. The zero-order chi connectivity index (χ0) is 18.9. The van der Waals surface area contributed by atoms with Crippen molar-refractivity contribution in [3.63, 3.8) is 0 Å². The lowest BCUT2D eigenvalue weighted by Gasteiger charge is -2.10. The predicted molar refractivity (Wildman–Crippen MR) is 104 cm³/mol. The normalized spacial score (nSPS) is 12.0.